The lowest BCUT2D eigenvalue weighted by Gasteiger charge is -2.48. The van der Waals surface area contributed by atoms with Crippen LogP contribution in [0.5, 0.6) is 0 Å². The first kappa shape index (κ1) is 26.9. The molecule has 5 unspecified atom stereocenters. The highest BCUT2D eigenvalue weighted by molar-refractivity contribution is 5.84. The minimum Gasteiger partial charge on any atom is -0.473 e. The second-order valence-electron chi connectivity index (χ2n) is 8.41. The monoisotopic (exact) mass is 444 g/mol. The molecule has 1 aliphatic rings. The predicted molar refractivity (Wildman–Crippen MR) is 110 cm³/mol. The second-order valence-corrected chi connectivity index (χ2v) is 8.41. The molecule has 0 spiro atoms. The zero-order valence-corrected chi connectivity index (χ0v) is 19.4. The first-order valence-corrected chi connectivity index (χ1v) is 10.4. The number of carbonyl (C=O) groups is 3. The van der Waals surface area contributed by atoms with Crippen molar-refractivity contribution in [3.05, 3.63) is 12.3 Å². The van der Waals surface area contributed by atoms with Gasteiger partial charge in [0.1, 0.15) is 17.6 Å². The molecule has 1 N–H and O–H groups in total. The molecular formula is C22H36O9. The highest BCUT2D eigenvalue weighted by Crippen LogP contribution is 2.46. The number of methoxy groups -OCH3 is 1. The topological polar surface area (TPSA) is 118 Å². The van der Waals surface area contributed by atoms with E-state index < -0.39 is 46.9 Å². The van der Waals surface area contributed by atoms with Crippen LogP contribution in [0.1, 0.15) is 53.9 Å². The predicted octanol–water partition coefficient (Wildman–Crippen LogP) is 2.35. The molecule has 1 saturated heterocycles. The van der Waals surface area contributed by atoms with E-state index in [0.29, 0.717) is 12.2 Å². The van der Waals surface area contributed by atoms with E-state index in [1.807, 2.05) is 6.92 Å². The average molecular weight is 445 g/mol. The average Bonchev–Trinajstić information content (AvgIpc) is 2.73. The first-order valence-electron chi connectivity index (χ1n) is 10.4. The largest absolute Gasteiger partial charge is 0.473 e. The normalized spacial score (nSPS) is 24.1. The molecule has 1 fully saturated rings. The third-order valence-electron chi connectivity index (χ3n) is 5.80. The smallest absolute Gasteiger partial charge is 0.316 e. The zero-order chi connectivity index (χ0) is 23.8. The Labute approximate surface area is 184 Å². The molecule has 31 heavy (non-hydrogen) atoms. The minimum atomic E-state index is -1.14. The number of cyclic esters (lactones) is 1. The van der Waals surface area contributed by atoms with Gasteiger partial charge in [0.05, 0.1) is 37.4 Å². The summed E-state index contributed by atoms with van der Waals surface area (Å²) in [5.41, 5.74) is -2.06. The Bertz CT molecular complexity index is 661. The summed E-state index contributed by atoms with van der Waals surface area (Å²) >= 11 is 0. The molecule has 5 atom stereocenters. The second kappa shape index (κ2) is 11.5. The molecule has 0 aromatic heterocycles. The standard InChI is InChI=1S/C22H36O9/c1-8-21(5,19(25)27-7)10-15(18(24)29-9-2)11-22(6)17(31-20(22)26)16(23)12-28-13-30-14(3)4/h15-17,23H,3,8-13H2,1-2,4-7H3. The molecule has 1 aliphatic heterocycles. The molecule has 0 radical (unpaired) electrons. The summed E-state index contributed by atoms with van der Waals surface area (Å²) in [7, 11) is 1.30. The van der Waals surface area contributed by atoms with Crippen LogP contribution in [0.4, 0.5) is 0 Å². The number of hydrogen-bond donors (Lipinski definition) is 1. The van der Waals surface area contributed by atoms with Gasteiger partial charge >= 0.3 is 17.9 Å². The lowest BCUT2D eigenvalue weighted by Crippen LogP contribution is -2.62. The summed E-state index contributed by atoms with van der Waals surface area (Å²) in [6, 6.07) is 0. The van der Waals surface area contributed by atoms with Gasteiger partial charge < -0.3 is 28.8 Å². The van der Waals surface area contributed by atoms with Gasteiger partial charge in [0, 0.05) is 0 Å². The van der Waals surface area contributed by atoms with Crippen molar-refractivity contribution in [3.63, 3.8) is 0 Å². The van der Waals surface area contributed by atoms with Gasteiger partial charge in [-0.2, -0.15) is 0 Å². The van der Waals surface area contributed by atoms with Crippen LogP contribution >= 0.6 is 0 Å². The van der Waals surface area contributed by atoms with Crippen molar-refractivity contribution in [3.8, 4) is 0 Å². The Morgan fingerprint density at radius 1 is 1.32 bits per heavy atom. The minimum absolute atomic E-state index is 0.0568. The molecule has 178 valence electrons. The Morgan fingerprint density at radius 2 is 1.97 bits per heavy atom. The van der Waals surface area contributed by atoms with Crippen molar-refractivity contribution in [2.45, 2.75) is 66.1 Å². The van der Waals surface area contributed by atoms with Crippen LogP contribution < -0.4 is 0 Å². The van der Waals surface area contributed by atoms with Crippen molar-refractivity contribution in [2.75, 3.05) is 27.1 Å². The van der Waals surface area contributed by atoms with Gasteiger partial charge in [0.25, 0.3) is 0 Å². The number of rotatable bonds is 14. The van der Waals surface area contributed by atoms with Gasteiger partial charge in [0.2, 0.25) is 0 Å². The number of allylic oxidation sites excluding steroid dienone is 1. The zero-order valence-electron chi connectivity index (χ0n) is 19.4. The van der Waals surface area contributed by atoms with E-state index in [2.05, 4.69) is 6.58 Å². The van der Waals surface area contributed by atoms with Crippen molar-refractivity contribution >= 4 is 17.9 Å². The maximum Gasteiger partial charge on any atom is 0.316 e. The van der Waals surface area contributed by atoms with E-state index in [0.717, 1.165) is 0 Å². The van der Waals surface area contributed by atoms with Gasteiger partial charge in [-0.1, -0.05) is 13.5 Å². The van der Waals surface area contributed by atoms with Crippen LogP contribution in [-0.2, 0) is 38.1 Å². The highest BCUT2D eigenvalue weighted by atomic mass is 16.7. The molecule has 0 aliphatic carbocycles. The molecule has 9 heteroatoms. The third kappa shape index (κ3) is 6.67. The Balaban J connectivity index is 2.96. The fraction of sp³-hybridized carbons (Fsp3) is 0.773. The van der Waals surface area contributed by atoms with Gasteiger partial charge in [-0.3, -0.25) is 14.4 Å². The van der Waals surface area contributed by atoms with E-state index in [-0.39, 0.29) is 32.8 Å². The first-order chi connectivity index (χ1) is 14.4. The maximum atomic E-state index is 12.7. The van der Waals surface area contributed by atoms with Gasteiger partial charge in [-0.15, -0.1) is 0 Å². The summed E-state index contributed by atoms with van der Waals surface area (Å²) in [5.74, 6) is -1.76. The number of aliphatic hydroxyl groups is 1. The molecule has 1 heterocycles. The van der Waals surface area contributed by atoms with Crippen LogP contribution in [0.3, 0.4) is 0 Å². The van der Waals surface area contributed by atoms with Crippen LogP contribution in [0.15, 0.2) is 12.3 Å². The molecule has 9 nitrogen and oxygen atoms in total. The van der Waals surface area contributed by atoms with Crippen LogP contribution in [0.25, 0.3) is 0 Å². The lowest BCUT2D eigenvalue weighted by molar-refractivity contribution is -0.230. The molecule has 0 amide bonds. The van der Waals surface area contributed by atoms with Crippen molar-refractivity contribution < 1.29 is 43.2 Å². The van der Waals surface area contributed by atoms with Crippen LogP contribution in [0.2, 0.25) is 0 Å². The lowest BCUT2D eigenvalue weighted by atomic mass is 9.67. The highest BCUT2D eigenvalue weighted by Gasteiger charge is 2.59. The fourth-order valence-electron chi connectivity index (χ4n) is 3.71. The van der Waals surface area contributed by atoms with Gasteiger partial charge in [-0.05, 0) is 47.0 Å². The summed E-state index contributed by atoms with van der Waals surface area (Å²) in [6.07, 6.45) is -1.34. The van der Waals surface area contributed by atoms with Crippen molar-refractivity contribution in [1.29, 1.82) is 0 Å². The number of aliphatic hydroxyl groups excluding tert-OH is 1. The Kier molecular flexibility index (Phi) is 9.96. The maximum absolute atomic E-state index is 12.7. The summed E-state index contributed by atoms with van der Waals surface area (Å²) < 4.78 is 25.6. The van der Waals surface area contributed by atoms with E-state index in [4.69, 9.17) is 23.7 Å². The summed E-state index contributed by atoms with van der Waals surface area (Å²) in [4.78, 5) is 37.4. The molecule has 1 rings (SSSR count). The molecule has 0 saturated carbocycles. The SMILES string of the molecule is C=C(C)OCOCC(O)C1OC(=O)C1(C)CC(CC(C)(CC)C(=O)OC)C(=O)OCC. The van der Waals surface area contributed by atoms with Gasteiger partial charge in [-0.25, -0.2) is 0 Å². The molecule has 0 bridgehead atoms. The van der Waals surface area contributed by atoms with Crippen LogP contribution in [0, 0.1) is 16.7 Å². The molecular weight excluding hydrogens is 408 g/mol. The molecule has 0 aromatic carbocycles. The van der Waals surface area contributed by atoms with E-state index >= 15 is 0 Å². The number of esters is 3. The van der Waals surface area contributed by atoms with Crippen LogP contribution in [-0.4, -0.2) is 62.3 Å². The quantitative estimate of drug-likeness (QED) is 0.142. The Hall–Kier alpha value is -2.13. The van der Waals surface area contributed by atoms with E-state index in [1.165, 1.54) is 7.11 Å². The fourth-order valence-corrected chi connectivity index (χ4v) is 3.71. The van der Waals surface area contributed by atoms with Crippen molar-refractivity contribution in [2.24, 2.45) is 16.7 Å². The Morgan fingerprint density at radius 3 is 2.45 bits per heavy atom. The summed E-state index contributed by atoms with van der Waals surface area (Å²) in [6.45, 7) is 12.0. The number of hydrogen-bond acceptors (Lipinski definition) is 9. The van der Waals surface area contributed by atoms with E-state index in [1.54, 1.807) is 27.7 Å². The summed E-state index contributed by atoms with van der Waals surface area (Å²) in [5, 5.41) is 10.5. The van der Waals surface area contributed by atoms with Gasteiger partial charge in [0.15, 0.2) is 6.79 Å². The number of ether oxygens (including phenoxy) is 5. The van der Waals surface area contributed by atoms with E-state index in [9.17, 15) is 19.5 Å². The third-order valence-corrected chi connectivity index (χ3v) is 5.80. The number of carbonyl (C=O) groups excluding carboxylic acids is 3. The molecule has 0 aromatic rings. The van der Waals surface area contributed by atoms with Crippen molar-refractivity contribution in [1.82, 2.24) is 0 Å².